The van der Waals surface area contributed by atoms with Gasteiger partial charge in [-0.25, -0.2) is 9.59 Å². The lowest BCUT2D eigenvalue weighted by molar-refractivity contribution is -0.216. The molecule has 0 radical (unpaired) electrons. The van der Waals surface area contributed by atoms with Crippen LogP contribution in [0.4, 0.5) is 0 Å². The van der Waals surface area contributed by atoms with Gasteiger partial charge in [-0.2, -0.15) is 0 Å². The summed E-state index contributed by atoms with van der Waals surface area (Å²) in [6.45, 7) is 6.52. The number of phenols is 4. The summed E-state index contributed by atoms with van der Waals surface area (Å²) in [5, 5.41) is 60.4. The van der Waals surface area contributed by atoms with E-state index in [1.54, 1.807) is 12.1 Å². The molecule has 4 aliphatic carbocycles. The van der Waals surface area contributed by atoms with Crippen LogP contribution in [-0.4, -0.2) is 66.9 Å². The van der Waals surface area contributed by atoms with Gasteiger partial charge in [-0.05, 0) is 139 Å². The maximum Gasteiger partial charge on any atom is 0.331 e. The van der Waals surface area contributed by atoms with Crippen molar-refractivity contribution in [3.05, 3.63) is 59.7 Å². The van der Waals surface area contributed by atoms with Gasteiger partial charge in [-0.15, -0.1) is 0 Å². The molecule has 0 aliphatic heterocycles. The van der Waals surface area contributed by atoms with E-state index in [4.69, 9.17) is 9.47 Å². The molecule has 11 atom stereocenters. The molecule has 3 unspecified atom stereocenters. The average Bonchev–Trinajstić information content (AvgIpc) is 3.47. The van der Waals surface area contributed by atoms with Gasteiger partial charge in [0.05, 0.1) is 6.10 Å². The minimum atomic E-state index is -0.829. The Labute approximate surface area is 310 Å². The van der Waals surface area contributed by atoms with E-state index in [-0.39, 0.29) is 76.4 Å². The van der Waals surface area contributed by atoms with E-state index in [2.05, 4.69) is 20.8 Å². The fraction of sp³-hybridized carbons (Fsp3) is 0.548. The lowest BCUT2D eigenvalue weighted by Crippen LogP contribution is -2.63. The van der Waals surface area contributed by atoms with Crippen LogP contribution in [0.5, 0.6) is 23.0 Å². The first kappa shape index (κ1) is 38.2. The summed E-state index contributed by atoms with van der Waals surface area (Å²) in [6, 6.07) is 8.53. The van der Waals surface area contributed by atoms with Crippen LogP contribution in [0.3, 0.4) is 0 Å². The van der Waals surface area contributed by atoms with Gasteiger partial charge in [-0.3, -0.25) is 4.79 Å². The highest BCUT2D eigenvalue weighted by Gasteiger charge is 2.66. The first-order valence-corrected chi connectivity index (χ1v) is 18.8. The van der Waals surface area contributed by atoms with Gasteiger partial charge in [0.2, 0.25) is 0 Å². The highest BCUT2D eigenvalue weighted by atomic mass is 16.5. The third kappa shape index (κ3) is 7.63. The number of aromatic hydroxyl groups is 4. The van der Waals surface area contributed by atoms with E-state index in [1.165, 1.54) is 48.6 Å². The molecule has 11 heteroatoms. The molecular formula is C42H52O11. The van der Waals surface area contributed by atoms with E-state index in [0.717, 1.165) is 19.3 Å². The molecule has 0 heterocycles. The Balaban J connectivity index is 1.24. The van der Waals surface area contributed by atoms with Crippen molar-refractivity contribution in [2.75, 3.05) is 0 Å². The van der Waals surface area contributed by atoms with Crippen molar-refractivity contribution in [2.45, 2.75) is 96.9 Å². The second-order valence-corrected chi connectivity index (χ2v) is 16.4. The van der Waals surface area contributed by atoms with Crippen LogP contribution >= 0.6 is 0 Å². The number of rotatable bonds is 10. The number of aliphatic carboxylic acids is 1. The van der Waals surface area contributed by atoms with Crippen LogP contribution in [0.1, 0.15) is 89.7 Å². The number of aliphatic hydroxyl groups excluding tert-OH is 1. The Hall–Kier alpha value is -4.51. The van der Waals surface area contributed by atoms with Gasteiger partial charge in [0.15, 0.2) is 23.0 Å². The van der Waals surface area contributed by atoms with Crippen LogP contribution in [0.15, 0.2) is 48.6 Å². The summed E-state index contributed by atoms with van der Waals surface area (Å²) >= 11 is 0. The van der Waals surface area contributed by atoms with E-state index in [1.807, 2.05) is 0 Å². The molecule has 0 spiro atoms. The summed E-state index contributed by atoms with van der Waals surface area (Å²) in [5.74, 6) is -2.66. The van der Waals surface area contributed by atoms with Gasteiger partial charge >= 0.3 is 17.9 Å². The Morgan fingerprint density at radius 2 is 1.42 bits per heavy atom. The minimum Gasteiger partial charge on any atom is -0.504 e. The Morgan fingerprint density at radius 1 is 0.811 bits per heavy atom. The number of carbonyl (C=O) groups is 3. The van der Waals surface area contributed by atoms with Gasteiger partial charge in [-0.1, -0.05) is 32.9 Å². The van der Waals surface area contributed by atoms with Crippen molar-refractivity contribution in [2.24, 2.45) is 46.3 Å². The number of ether oxygens (including phenoxy) is 2. The molecule has 4 saturated carbocycles. The molecule has 286 valence electrons. The molecule has 6 N–H and O–H groups in total. The summed E-state index contributed by atoms with van der Waals surface area (Å²) in [6.07, 6.45) is 9.64. The number of aliphatic hydroxyl groups is 1. The van der Waals surface area contributed by atoms with Crippen molar-refractivity contribution >= 4 is 30.1 Å². The van der Waals surface area contributed by atoms with Crippen molar-refractivity contribution in [3.8, 4) is 23.0 Å². The van der Waals surface area contributed by atoms with Crippen LogP contribution < -0.4 is 0 Å². The number of carboxylic acid groups (broad SMARTS) is 1. The average molecular weight is 733 g/mol. The normalized spacial score (nSPS) is 34.2. The predicted molar refractivity (Wildman–Crippen MR) is 195 cm³/mol. The highest BCUT2D eigenvalue weighted by Crippen LogP contribution is 2.69. The minimum absolute atomic E-state index is 0.0276. The summed E-state index contributed by atoms with van der Waals surface area (Å²) in [4.78, 5) is 37.9. The van der Waals surface area contributed by atoms with Crippen LogP contribution in [0.2, 0.25) is 0 Å². The molecule has 0 saturated heterocycles. The van der Waals surface area contributed by atoms with Gasteiger partial charge in [0, 0.05) is 24.5 Å². The van der Waals surface area contributed by atoms with Gasteiger partial charge in [0.1, 0.15) is 12.2 Å². The molecule has 0 amide bonds. The van der Waals surface area contributed by atoms with Crippen LogP contribution in [0, 0.1) is 46.3 Å². The summed E-state index contributed by atoms with van der Waals surface area (Å²) < 4.78 is 12.3. The molecule has 53 heavy (non-hydrogen) atoms. The summed E-state index contributed by atoms with van der Waals surface area (Å²) in [7, 11) is 0. The van der Waals surface area contributed by atoms with Gasteiger partial charge in [0.25, 0.3) is 0 Å². The van der Waals surface area contributed by atoms with Crippen molar-refractivity contribution in [1.82, 2.24) is 0 Å². The molecule has 6 rings (SSSR count). The number of carbonyl (C=O) groups excluding carboxylic acids is 2. The molecule has 2 aromatic carbocycles. The number of carboxylic acids is 1. The maximum atomic E-state index is 13.5. The summed E-state index contributed by atoms with van der Waals surface area (Å²) in [5.41, 5.74) is 0.368. The van der Waals surface area contributed by atoms with Crippen molar-refractivity contribution in [3.63, 3.8) is 0 Å². The Kier molecular flexibility index (Phi) is 10.9. The zero-order valence-electron chi connectivity index (χ0n) is 30.6. The van der Waals surface area contributed by atoms with Gasteiger partial charge < -0.3 is 40.1 Å². The molecular weight excluding hydrogens is 680 g/mol. The third-order valence-corrected chi connectivity index (χ3v) is 13.7. The molecule has 4 aliphatic rings. The predicted octanol–water partition coefficient (Wildman–Crippen LogP) is 6.80. The zero-order valence-corrected chi connectivity index (χ0v) is 30.6. The number of phenolic OH excluding ortho intramolecular Hbond substituents is 4. The Bertz CT molecular complexity index is 1770. The molecule has 0 aromatic heterocycles. The molecule has 4 fully saturated rings. The monoisotopic (exact) mass is 732 g/mol. The van der Waals surface area contributed by atoms with Crippen molar-refractivity contribution in [1.29, 1.82) is 0 Å². The zero-order chi connectivity index (χ0) is 38.2. The lowest BCUT2D eigenvalue weighted by atomic mass is 9.43. The molecule has 11 nitrogen and oxygen atoms in total. The SMILES string of the molecule is CC(CCC(=O)O)C1CC[C@H]2[C@@H]3[C@H](OC(=O)/C=C/c4ccc(O)c(O)c4)CC4C[C@H](OC(=O)/C=C/c5ccc(O)c(O)c5)CC[C@]4(C)[C@H]3C[C@H](O)[C@]12C. The van der Waals surface area contributed by atoms with E-state index in [9.17, 15) is 45.0 Å². The number of benzene rings is 2. The number of hydrogen-bond acceptors (Lipinski definition) is 10. The Morgan fingerprint density at radius 3 is 2.00 bits per heavy atom. The van der Waals surface area contributed by atoms with E-state index < -0.39 is 35.5 Å². The van der Waals surface area contributed by atoms with Crippen LogP contribution in [-0.2, 0) is 23.9 Å². The number of hydrogen-bond donors (Lipinski definition) is 6. The second kappa shape index (κ2) is 15.1. The quantitative estimate of drug-likeness (QED) is 0.0856. The fourth-order valence-electron chi connectivity index (χ4n) is 10.9. The topological polar surface area (TPSA) is 191 Å². The fourth-order valence-corrected chi connectivity index (χ4v) is 10.9. The molecule has 2 aromatic rings. The maximum absolute atomic E-state index is 13.5. The largest absolute Gasteiger partial charge is 0.504 e. The van der Waals surface area contributed by atoms with Crippen molar-refractivity contribution < 1.29 is 54.5 Å². The molecule has 0 bridgehead atoms. The second-order valence-electron chi connectivity index (χ2n) is 16.4. The van der Waals surface area contributed by atoms with Crippen LogP contribution in [0.25, 0.3) is 12.2 Å². The smallest absolute Gasteiger partial charge is 0.331 e. The first-order chi connectivity index (χ1) is 25.1. The standard InChI is InChI=1S/C42H52O11/c1-23(4-13-37(48)49)28-9-10-29-40-30(22-36(47)42(28,29)3)41(2)17-16-27(52-38(50)14-7-24-5-11-31(43)33(45)18-24)20-26(41)21-35(40)53-39(51)15-8-25-6-12-32(44)34(46)19-25/h5-8,11-12,14-15,18-19,23,26-30,35-36,40,43-47H,4,9-10,13,16-17,20-22H2,1-3H3,(H,48,49)/b14-7+,15-8+/t23?,26?,27-,28?,29+,30+,35-,36+,40+,41+,42-/m1/s1. The first-order valence-electron chi connectivity index (χ1n) is 18.8. The highest BCUT2D eigenvalue weighted by molar-refractivity contribution is 5.88. The lowest BCUT2D eigenvalue weighted by Gasteiger charge is -2.64. The third-order valence-electron chi connectivity index (χ3n) is 13.7. The van der Waals surface area contributed by atoms with E-state index in [0.29, 0.717) is 43.2 Å². The van der Waals surface area contributed by atoms with E-state index >= 15 is 0 Å². The number of fused-ring (bicyclic) bond motifs is 5. The number of esters is 2.